The third kappa shape index (κ3) is 3.26. The van der Waals surface area contributed by atoms with E-state index in [1.54, 1.807) is 0 Å². The van der Waals surface area contributed by atoms with E-state index >= 15 is 0 Å². The number of methoxy groups -OCH3 is 1. The van der Waals surface area contributed by atoms with Crippen LogP contribution in [0, 0.1) is 0 Å². The molecule has 1 aromatic rings. The van der Waals surface area contributed by atoms with Crippen molar-refractivity contribution in [3.63, 3.8) is 0 Å². The van der Waals surface area contributed by atoms with Gasteiger partial charge in [0.05, 0.1) is 19.7 Å². The van der Waals surface area contributed by atoms with Gasteiger partial charge in [-0.1, -0.05) is 0 Å². The van der Waals surface area contributed by atoms with Crippen molar-refractivity contribution in [3.8, 4) is 0 Å². The predicted octanol–water partition coefficient (Wildman–Crippen LogP) is 1.07. The number of aromatic nitrogens is 2. The summed E-state index contributed by atoms with van der Waals surface area (Å²) >= 11 is 1.96. The molecule has 2 heterocycles. The second kappa shape index (κ2) is 6.24. The summed E-state index contributed by atoms with van der Waals surface area (Å²) in [5, 5.41) is 4.23. The van der Waals surface area contributed by atoms with E-state index in [1.807, 2.05) is 29.7 Å². The van der Waals surface area contributed by atoms with Crippen LogP contribution in [0.5, 0.6) is 0 Å². The Balaban J connectivity index is 1.99. The molecule has 1 aromatic heterocycles. The summed E-state index contributed by atoms with van der Waals surface area (Å²) in [6.07, 6.45) is 4.43. The SMILES string of the molecule is COC(=O)CCN1CCSCC1c1cnn(C)c1. The fourth-order valence-electron chi connectivity index (χ4n) is 2.16. The topological polar surface area (TPSA) is 47.4 Å². The Morgan fingerprint density at radius 1 is 1.67 bits per heavy atom. The summed E-state index contributed by atoms with van der Waals surface area (Å²) in [5.74, 6) is 2.04. The van der Waals surface area contributed by atoms with Gasteiger partial charge in [-0.05, 0) is 0 Å². The van der Waals surface area contributed by atoms with Crippen LogP contribution in [0.15, 0.2) is 12.4 Å². The molecule has 0 spiro atoms. The molecule has 100 valence electrons. The molecule has 0 saturated carbocycles. The van der Waals surface area contributed by atoms with Crippen LogP contribution in [0.25, 0.3) is 0 Å². The van der Waals surface area contributed by atoms with Gasteiger partial charge in [0.2, 0.25) is 0 Å². The van der Waals surface area contributed by atoms with Crippen molar-refractivity contribution in [2.75, 3.05) is 31.7 Å². The summed E-state index contributed by atoms with van der Waals surface area (Å²) in [6, 6.07) is 0.363. The van der Waals surface area contributed by atoms with Crippen molar-refractivity contribution in [1.82, 2.24) is 14.7 Å². The Bertz CT molecular complexity index is 408. The molecular weight excluding hydrogens is 250 g/mol. The highest BCUT2D eigenvalue weighted by molar-refractivity contribution is 7.99. The lowest BCUT2D eigenvalue weighted by Crippen LogP contribution is -2.37. The van der Waals surface area contributed by atoms with E-state index in [9.17, 15) is 4.79 Å². The minimum Gasteiger partial charge on any atom is -0.469 e. The number of carbonyl (C=O) groups excluding carboxylic acids is 1. The standard InChI is InChI=1S/C12H19N3O2S/c1-14-8-10(7-13-14)11-9-18-6-5-15(11)4-3-12(16)17-2/h7-8,11H,3-6,9H2,1-2H3. The molecule has 0 bridgehead atoms. The van der Waals surface area contributed by atoms with Gasteiger partial charge in [0.15, 0.2) is 0 Å². The molecule has 18 heavy (non-hydrogen) atoms. The van der Waals surface area contributed by atoms with Crippen LogP contribution in [0.3, 0.4) is 0 Å². The minimum atomic E-state index is -0.141. The summed E-state index contributed by atoms with van der Waals surface area (Å²) < 4.78 is 6.53. The third-order valence-electron chi connectivity index (χ3n) is 3.18. The summed E-state index contributed by atoms with van der Waals surface area (Å²) in [6.45, 7) is 1.77. The maximum Gasteiger partial charge on any atom is 0.306 e. The van der Waals surface area contributed by atoms with Crippen LogP contribution in [0.2, 0.25) is 0 Å². The molecule has 0 aromatic carbocycles. The van der Waals surface area contributed by atoms with E-state index < -0.39 is 0 Å². The molecular formula is C12H19N3O2S. The second-order valence-electron chi connectivity index (χ2n) is 4.40. The number of esters is 1. The number of ether oxygens (including phenoxy) is 1. The van der Waals surface area contributed by atoms with Gasteiger partial charge in [0.25, 0.3) is 0 Å². The van der Waals surface area contributed by atoms with E-state index in [0.29, 0.717) is 12.5 Å². The van der Waals surface area contributed by atoms with E-state index in [2.05, 4.69) is 16.2 Å². The lowest BCUT2D eigenvalue weighted by atomic mass is 10.1. The van der Waals surface area contributed by atoms with Gasteiger partial charge < -0.3 is 4.74 Å². The molecule has 1 atom stereocenters. The van der Waals surface area contributed by atoms with Gasteiger partial charge in [-0.3, -0.25) is 14.4 Å². The lowest BCUT2D eigenvalue weighted by Gasteiger charge is -2.34. The zero-order valence-electron chi connectivity index (χ0n) is 10.8. The highest BCUT2D eigenvalue weighted by atomic mass is 32.2. The Morgan fingerprint density at radius 3 is 3.17 bits per heavy atom. The van der Waals surface area contributed by atoms with Crippen molar-refractivity contribution in [1.29, 1.82) is 0 Å². The fourth-order valence-corrected chi connectivity index (χ4v) is 3.32. The number of rotatable bonds is 4. The first-order valence-electron chi connectivity index (χ1n) is 6.08. The molecule has 0 amide bonds. The fraction of sp³-hybridized carbons (Fsp3) is 0.667. The number of thioether (sulfide) groups is 1. The first kappa shape index (κ1) is 13.4. The second-order valence-corrected chi connectivity index (χ2v) is 5.55. The molecule has 1 saturated heterocycles. The summed E-state index contributed by atoms with van der Waals surface area (Å²) in [7, 11) is 3.37. The van der Waals surface area contributed by atoms with Crippen LogP contribution in [-0.4, -0.2) is 52.4 Å². The molecule has 0 N–H and O–H groups in total. The number of aryl methyl sites for hydroxylation is 1. The molecule has 6 heteroatoms. The normalized spacial score (nSPS) is 20.9. The molecule has 0 aliphatic carbocycles. The van der Waals surface area contributed by atoms with Crippen LogP contribution in [-0.2, 0) is 16.6 Å². The zero-order chi connectivity index (χ0) is 13.0. The van der Waals surface area contributed by atoms with Crippen molar-refractivity contribution >= 4 is 17.7 Å². The Kier molecular flexibility index (Phi) is 4.66. The lowest BCUT2D eigenvalue weighted by molar-refractivity contribution is -0.141. The van der Waals surface area contributed by atoms with Crippen molar-refractivity contribution in [2.24, 2.45) is 7.05 Å². The average Bonchev–Trinajstić information content (AvgIpc) is 2.83. The van der Waals surface area contributed by atoms with Crippen LogP contribution in [0.1, 0.15) is 18.0 Å². The largest absolute Gasteiger partial charge is 0.469 e. The maximum atomic E-state index is 11.2. The number of nitrogens with zero attached hydrogens (tertiary/aromatic N) is 3. The molecule has 0 radical (unpaired) electrons. The molecule has 2 rings (SSSR count). The quantitative estimate of drug-likeness (QED) is 0.765. The minimum absolute atomic E-state index is 0.141. The van der Waals surface area contributed by atoms with Gasteiger partial charge >= 0.3 is 5.97 Å². The first-order valence-corrected chi connectivity index (χ1v) is 7.23. The van der Waals surface area contributed by atoms with Crippen LogP contribution >= 0.6 is 11.8 Å². The van der Waals surface area contributed by atoms with E-state index in [-0.39, 0.29) is 5.97 Å². The highest BCUT2D eigenvalue weighted by Crippen LogP contribution is 2.29. The Hall–Kier alpha value is -1.01. The smallest absolute Gasteiger partial charge is 0.306 e. The van der Waals surface area contributed by atoms with Gasteiger partial charge in [0, 0.05) is 49.4 Å². The molecule has 1 aliphatic rings. The van der Waals surface area contributed by atoms with E-state index in [0.717, 1.165) is 24.6 Å². The third-order valence-corrected chi connectivity index (χ3v) is 4.20. The van der Waals surface area contributed by atoms with Crippen LogP contribution in [0.4, 0.5) is 0 Å². The molecule has 5 nitrogen and oxygen atoms in total. The van der Waals surface area contributed by atoms with Gasteiger partial charge in [-0.15, -0.1) is 0 Å². The first-order chi connectivity index (χ1) is 8.70. The Morgan fingerprint density at radius 2 is 2.50 bits per heavy atom. The highest BCUT2D eigenvalue weighted by Gasteiger charge is 2.25. The molecule has 1 unspecified atom stereocenters. The van der Waals surface area contributed by atoms with Gasteiger partial charge in [-0.2, -0.15) is 16.9 Å². The Labute approximate surface area is 111 Å². The molecule has 1 fully saturated rings. The maximum absolute atomic E-state index is 11.2. The van der Waals surface area contributed by atoms with E-state index in [1.165, 1.54) is 12.7 Å². The number of hydrogen-bond acceptors (Lipinski definition) is 5. The summed E-state index contributed by atoms with van der Waals surface area (Å²) in [5.41, 5.74) is 1.23. The number of hydrogen-bond donors (Lipinski definition) is 0. The monoisotopic (exact) mass is 269 g/mol. The van der Waals surface area contributed by atoms with Crippen molar-refractivity contribution < 1.29 is 9.53 Å². The van der Waals surface area contributed by atoms with Crippen molar-refractivity contribution in [2.45, 2.75) is 12.5 Å². The molecule has 1 aliphatic heterocycles. The van der Waals surface area contributed by atoms with Gasteiger partial charge in [0.1, 0.15) is 0 Å². The van der Waals surface area contributed by atoms with Gasteiger partial charge in [-0.25, -0.2) is 0 Å². The number of carbonyl (C=O) groups is 1. The van der Waals surface area contributed by atoms with Crippen LogP contribution < -0.4 is 0 Å². The average molecular weight is 269 g/mol. The summed E-state index contributed by atoms with van der Waals surface area (Å²) in [4.78, 5) is 13.6. The van der Waals surface area contributed by atoms with E-state index in [4.69, 9.17) is 4.74 Å². The van der Waals surface area contributed by atoms with Crippen molar-refractivity contribution in [3.05, 3.63) is 18.0 Å². The zero-order valence-corrected chi connectivity index (χ0v) is 11.7. The predicted molar refractivity (Wildman–Crippen MR) is 71.5 cm³/mol.